The summed E-state index contributed by atoms with van der Waals surface area (Å²) < 4.78 is 12.8. The topological polar surface area (TPSA) is 20.2 Å². The van der Waals surface area contributed by atoms with E-state index in [1.54, 1.807) is 31.7 Å². The molecule has 20 heavy (non-hydrogen) atoms. The molecule has 2 rings (SSSR count). The minimum Gasteiger partial charge on any atom is -0.395 e. The van der Waals surface area contributed by atoms with Crippen molar-refractivity contribution in [3.05, 3.63) is 59.9 Å². The van der Waals surface area contributed by atoms with Crippen molar-refractivity contribution in [2.45, 2.75) is 6.42 Å². The normalized spacial score (nSPS) is 9.00. The number of benzene rings is 2. The predicted molar refractivity (Wildman–Crippen MR) is 85.1 cm³/mol. The van der Waals surface area contributed by atoms with Crippen molar-refractivity contribution in [3.8, 4) is 23.0 Å². The van der Waals surface area contributed by atoms with Crippen LogP contribution in [-0.4, -0.2) is 31.3 Å². The van der Waals surface area contributed by atoms with Crippen LogP contribution in [0.15, 0.2) is 48.5 Å². The molecule has 2 aromatic carbocycles. The van der Waals surface area contributed by atoms with Crippen molar-refractivity contribution in [1.29, 1.82) is 0 Å². The predicted octanol–water partition coefficient (Wildman–Crippen LogP) is 3.69. The van der Waals surface area contributed by atoms with Crippen LogP contribution < -0.4 is 0 Å². The molecule has 1 nitrogen and oxygen atoms in total. The zero-order chi connectivity index (χ0) is 14.8. The maximum absolute atomic E-state index is 12.8. The third-order valence-corrected chi connectivity index (χ3v) is 2.53. The zero-order valence-electron chi connectivity index (χ0n) is 10.9. The molecule has 0 saturated carbocycles. The Morgan fingerprint density at radius 1 is 0.950 bits per heavy atom. The SMILES string of the molecule is OCCC#Cc1ccc(-c2ccc(F)cc2)cc1.[Mg+2][Br]. The molecule has 0 atom stereocenters. The lowest BCUT2D eigenvalue weighted by molar-refractivity contribution is 0.305. The molecule has 0 saturated heterocycles. The van der Waals surface area contributed by atoms with Gasteiger partial charge in [0.1, 0.15) is 5.82 Å². The molecule has 0 fully saturated rings. The molecule has 0 spiro atoms. The van der Waals surface area contributed by atoms with Gasteiger partial charge >= 0.3 is 32.4 Å². The molecule has 0 bridgehead atoms. The summed E-state index contributed by atoms with van der Waals surface area (Å²) in [6.07, 6.45) is 0.486. The van der Waals surface area contributed by atoms with Crippen molar-refractivity contribution in [1.82, 2.24) is 0 Å². The van der Waals surface area contributed by atoms with E-state index in [0.29, 0.717) is 6.42 Å². The van der Waals surface area contributed by atoms with Crippen molar-refractivity contribution in [2.75, 3.05) is 6.61 Å². The maximum atomic E-state index is 12.8. The summed E-state index contributed by atoms with van der Waals surface area (Å²) in [6, 6.07) is 14.1. The highest BCUT2D eigenvalue weighted by atomic mass is 79.9. The maximum Gasteiger partial charge on any atom is 1.52 e. The Morgan fingerprint density at radius 3 is 1.95 bits per heavy atom. The van der Waals surface area contributed by atoms with Crippen molar-refractivity contribution < 1.29 is 9.50 Å². The molecule has 0 amide bonds. The molecular weight excluding hydrogens is 331 g/mol. The number of halogens is 2. The van der Waals surface area contributed by atoms with Crippen LogP contribution in [0.3, 0.4) is 0 Å². The fourth-order valence-electron chi connectivity index (χ4n) is 1.61. The van der Waals surface area contributed by atoms with Crippen LogP contribution in [0.5, 0.6) is 0 Å². The van der Waals surface area contributed by atoms with Crippen LogP contribution >= 0.6 is 12.9 Å². The third-order valence-electron chi connectivity index (χ3n) is 2.53. The summed E-state index contributed by atoms with van der Waals surface area (Å²) in [5.41, 5.74) is 2.92. The number of hydrogen-bond acceptors (Lipinski definition) is 1. The van der Waals surface area contributed by atoms with Gasteiger partial charge in [-0.1, -0.05) is 36.1 Å². The second kappa shape index (κ2) is 9.95. The van der Waals surface area contributed by atoms with Gasteiger partial charge in [0.05, 0.1) is 6.61 Å². The van der Waals surface area contributed by atoms with Gasteiger partial charge in [0.25, 0.3) is 0 Å². The molecule has 4 heteroatoms. The Bertz CT molecular complexity index is 570. The Morgan fingerprint density at radius 2 is 1.45 bits per heavy atom. The van der Waals surface area contributed by atoms with Gasteiger partial charge in [0, 0.05) is 12.0 Å². The number of aliphatic hydroxyl groups is 1. The highest BCUT2D eigenvalue weighted by Gasteiger charge is 2.13. The second-order valence-electron chi connectivity index (χ2n) is 3.86. The lowest BCUT2D eigenvalue weighted by Crippen LogP contribution is -1.81. The molecule has 7 radical (unpaired) electrons. The van der Waals surface area contributed by atoms with E-state index in [0.717, 1.165) is 16.7 Å². The van der Waals surface area contributed by atoms with E-state index < -0.39 is 0 Å². The van der Waals surface area contributed by atoms with E-state index in [9.17, 15) is 4.39 Å². The number of aliphatic hydroxyl groups excluding tert-OH is 1. The molecule has 1 N–H and O–H groups in total. The second-order valence-corrected chi connectivity index (χ2v) is 3.86. The third kappa shape index (κ3) is 5.64. The summed E-state index contributed by atoms with van der Waals surface area (Å²) in [5, 5.41) is 8.63. The van der Waals surface area contributed by atoms with Gasteiger partial charge in [0.15, 0.2) is 0 Å². The van der Waals surface area contributed by atoms with Gasteiger partial charge < -0.3 is 5.11 Å². The van der Waals surface area contributed by atoms with E-state index in [2.05, 4.69) is 24.7 Å². The Hall–Kier alpha value is -0.864. The van der Waals surface area contributed by atoms with E-state index in [4.69, 9.17) is 5.11 Å². The minimum atomic E-state index is -0.231. The van der Waals surface area contributed by atoms with Gasteiger partial charge in [-0.25, -0.2) is 4.39 Å². The standard InChI is InChI=1S/C16H13FO.BrH.Mg/c17-16-10-8-15(9-11-16)14-6-4-13(5-7-14)3-1-2-12-18;;/h4-11,18H,2,12H2;1H;/q;;+3/p-1. The van der Waals surface area contributed by atoms with Gasteiger partial charge in [-0.2, -0.15) is 0 Å². The van der Waals surface area contributed by atoms with Crippen LogP contribution in [0.25, 0.3) is 11.1 Å². The summed E-state index contributed by atoms with van der Waals surface area (Å²) in [6.45, 7) is 0.0840. The lowest BCUT2D eigenvalue weighted by Gasteiger charge is -2.01. The summed E-state index contributed by atoms with van der Waals surface area (Å²) in [5.74, 6) is 5.60. The number of hydrogen-bond donors (Lipinski definition) is 1. The largest absolute Gasteiger partial charge is 1.52 e. The van der Waals surface area contributed by atoms with Crippen LogP contribution in [0.2, 0.25) is 0 Å². The van der Waals surface area contributed by atoms with E-state index in [1.807, 2.05) is 24.3 Å². The first kappa shape index (κ1) is 17.2. The molecule has 2 aromatic rings. The Kier molecular flexibility index (Phi) is 8.55. The minimum absolute atomic E-state index is 0.0840. The smallest absolute Gasteiger partial charge is 0.395 e. The average Bonchev–Trinajstić information content (AvgIpc) is 2.51. The summed E-state index contributed by atoms with van der Waals surface area (Å²) >= 11 is 4.64. The molecule has 0 aliphatic heterocycles. The van der Waals surface area contributed by atoms with Crippen LogP contribution in [0.1, 0.15) is 12.0 Å². The fraction of sp³-hybridized carbons (Fsp3) is 0.125. The highest BCUT2D eigenvalue weighted by Crippen LogP contribution is 2.19. The molecule has 0 aromatic heterocycles. The number of rotatable bonds is 2. The van der Waals surface area contributed by atoms with Crippen LogP contribution in [0, 0.1) is 17.7 Å². The average molecular weight is 344 g/mol. The van der Waals surface area contributed by atoms with Gasteiger partial charge in [-0.15, -0.1) is 0 Å². The summed E-state index contributed by atoms with van der Waals surface area (Å²) in [4.78, 5) is 0. The Labute approximate surface area is 137 Å². The molecule has 0 heterocycles. The quantitative estimate of drug-likeness (QED) is 0.651. The lowest BCUT2D eigenvalue weighted by atomic mass is 10.0. The van der Waals surface area contributed by atoms with Crippen molar-refractivity contribution in [2.24, 2.45) is 0 Å². The first-order valence-corrected chi connectivity index (χ1v) is 9.92. The molecule has 0 aliphatic carbocycles. The molecule has 97 valence electrons. The summed E-state index contributed by atoms with van der Waals surface area (Å²) in [7, 11) is 0. The van der Waals surface area contributed by atoms with Gasteiger partial charge in [0.2, 0.25) is 0 Å². The van der Waals surface area contributed by atoms with Crippen molar-refractivity contribution in [3.63, 3.8) is 0 Å². The van der Waals surface area contributed by atoms with E-state index >= 15 is 0 Å². The fourth-order valence-corrected chi connectivity index (χ4v) is 1.61. The molecule has 0 aliphatic rings. The van der Waals surface area contributed by atoms with Crippen LogP contribution in [-0.2, 0) is 0 Å². The van der Waals surface area contributed by atoms with Crippen molar-refractivity contribution >= 4 is 32.4 Å². The first-order valence-electron chi connectivity index (χ1n) is 6.02. The van der Waals surface area contributed by atoms with Crippen LogP contribution in [0.4, 0.5) is 4.39 Å². The monoisotopic (exact) mass is 343 g/mol. The first-order chi connectivity index (χ1) is 9.79. The molecule has 0 unspecified atom stereocenters. The highest BCUT2D eigenvalue weighted by molar-refractivity contribution is 9.22. The van der Waals surface area contributed by atoms with Gasteiger partial charge in [-0.05, 0) is 35.4 Å². The van der Waals surface area contributed by atoms with E-state index in [1.165, 1.54) is 12.1 Å². The molecular formula is C16H13BrFMgO+2. The zero-order valence-corrected chi connectivity index (χ0v) is 13.9. The van der Waals surface area contributed by atoms with E-state index in [-0.39, 0.29) is 12.4 Å². The Balaban J connectivity index is 0.000000956. The van der Waals surface area contributed by atoms with Gasteiger partial charge in [-0.3, -0.25) is 0 Å².